The van der Waals surface area contributed by atoms with Crippen LogP contribution in [0.4, 0.5) is 11.4 Å². The number of rotatable bonds is 2. The SMILES string of the molecule is CN(C(=O)c1ncccc1Br)c1cccc(N)c1. The lowest BCUT2D eigenvalue weighted by molar-refractivity contribution is 0.0987. The highest BCUT2D eigenvalue weighted by molar-refractivity contribution is 9.10. The van der Waals surface area contributed by atoms with Gasteiger partial charge in [-0.15, -0.1) is 0 Å². The van der Waals surface area contributed by atoms with E-state index in [9.17, 15) is 4.79 Å². The number of pyridine rings is 1. The normalized spacial score (nSPS) is 10.1. The Balaban J connectivity index is 2.32. The minimum atomic E-state index is -0.187. The number of nitrogens with zero attached hydrogens (tertiary/aromatic N) is 2. The van der Waals surface area contributed by atoms with Crippen molar-refractivity contribution in [1.82, 2.24) is 4.98 Å². The molecule has 1 heterocycles. The molecule has 2 rings (SSSR count). The van der Waals surface area contributed by atoms with Gasteiger partial charge in [0.15, 0.2) is 0 Å². The molecule has 1 aromatic heterocycles. The minimum absolute atomic E-state index is 0.187. The molecule has 1 aromatic carbocycles. The molecular weight excluding hydrogens is 294 g/mol. The van der Waals surface area contributed by atoms with Crippen molar-refractivity contribution in [2.75, 3.05) is 17.7 Å². The highest BCUT2D eigenvalue weighted by Crippen LogP contribution is 2.20. The number of hydrogen-bond acceptors (Lipinski definition) is 3. The van der Waals surface area contributed by atoms with Crippen LogP contribution in [0.5, 0.6) is 0 Å². The molecule has 0 aliphatic heterocycles. The highest BCUT2D eigenvalue weighted by atomic mass is 79.9. The molecular formula is C13H12BrN3O. The number of halogens is 1. The van der Waals surface area contributed by atoms with Crippen molar-refractivity contribution in [3.8, 4) is 0 Å². The summed E-state index contributed by atoms with van der Waals surface area (Å²) in [6.07, 6.45) is 1.59. The number of anilines is 2. The summed E-state index contributed by atoms with van der Waals surface area (Å²) in [6.45, 7) is 0. The van der Waals surface area contributed by atoms with Gasteiger partial charge in [0.05, 0.1) is 0 Å². The van der Waals surface area contributed by atoms with E-state index in [4.69, 9.17) is 5.73 Å². The maximum absolute atomic E-state index is 12.3. The van der Waals surface area contributed by atoms with Crippen molar-refractivity contribution >= 4 is 33.2 Å². The van der Waals surface area contributed by atoms with Crippen molar-refractivity contribution in [2.24, 2.45) is 0 Å². The van der Waals surface area contributed by atoms with Crippen LogP contribution in [0.2, 0.25) is 0 Å². The molecule has 0 spiro atoms. The van der Waals surface area contributed by atoms with Gasteiger partial charge in [0.1, 0.15) is 5.69 Å². The fourth-order valence-corrected chi connectivity index (χ4v) is 1.98. The van der Waals surface area contributed by atoms with Crippen molar-refractivity contribution in [3.63, 3.8) is 0 Å². The smallest absolute Gasteiger partial charge is 0.277 e. The van der Waals surface area contributed by atoms with Gasteiger partial charge in [-0.05, 0) is 46.3 Å². The molecule has 1 amide bonds. The third kappa shape index (κ3) is 2.51. The largest absolute Gasteiger partial charge is 0.399 e. The van der Waals surface area contributed by atoms with E-state index in [2.05, 4.69) is 20.9 Å². The van der Waals surface area contributed by atoms with Gasteiger partial charge in [0.25, 0.3) is 5.91 Å². The number of amides is 1. The second kappa shape index (κ2) is 5.18. The molecule has 0 aliphatic carbocycles. The zero-order valence-corrected chi connectivity index (χ0v) is 11.4. The first-order chi connectivity index (χ1) is 8.59. The van der Waals surface area contributed by atoms with Gasteiger partial charge >= 0.3 is 0 Å². The third-order valence-electron chi connectivity index (χ3n) is 2.52. The summed E-state index contributed by atoms with van der Waals surface area (Å²) in [4.78, 5) is 17.9. The number of carbonyl (C=O) groups excluding carboxylic acids is 1. The summed E-state index contributed by atoms with van der Waals surface area (Å²) in [6, 6.07) is 10.7. The van der Waals surface area contributed by atoms with Crippen LogP contribution >= 0.6 is 15.9 Å². The lowest BCUT2D eigenvalue weighted by atomic mass is 10.2. The van der Waals surface area contributed by atoms with Crippen LogP contribution in [-0.2, 0) is 0 Å². The second-order valence-corrected chi connectivity index (χ2v) is 4.65. The predicted octanol–water partition coefficient (Wildman–Crippen LogP) is 2.70. The quantitative estimate of drug-likeness (QED) is 0.868. The first-order valence-electron chi connectivity index (χ1n) is 5.33. The molecule has 0 bridgehead atoms. The minimum Gasteiger partial charge on any atom is -0.399 e. The highest BCUT2D eigenvalue weighted by Gasteiger charge is 2.17. The van der Waals surface area contributed by atoms with Crippen molar-refractivity contribution in [1.29, 1.82) is 0 Å². The van der Waals surface area contributed by atoms with Crippen LogP contribution in [0.3, 0.4) is 0 Å². The van der Waals surface area contributed by atoms with E-state index in [0.29, 0.717) is 15.9 Å². The Morgan fingerprint density at radius 1 is 1.33 bits per heavy atom. The van der Waals surface area contributed by atoms with Crippen LogP contribution < -0.4 is 10.6 Å². The molecule has 0 atom stereocenters. The molecule has 4 nitrogen and oxygen atoms in total. The van der Waals surface area contributed by atoms with E-state index in [1.165, 1.54) is 4.90 Å². The number of carbonyl (C=O) groups is 1. The van der Waals surface area contributed by atoms with Crippen molar-refractivity contribution in [3.05, 3.63) is 52.8 Å². The van der Waals surface area contributed by atoms with Gasteiger partial charge in [-0.1, -0.05) is 6.07 Å². The molecule has 0 unspecified atom stereocenters. The van der Waals surface area contributed by atoms with E-state index >= 15 is 0 Å². The zero-order valence-electron chi connectivity index (χ0n) is 9.80. The molecule has 2 N–H and O–H groups in total. The molecule has 0 saturated heterocycles. The number of nitrogen functional groups attached to an aromatic ring is 1. The molecule has 2 aromatic rings. The van der Waals surface area contributed by atoms with E-state index in [-0.39, 0.29) is 5.91 Å². The number of benzene rings is 1. The Hall–Kier alpha value is -1.88. The van der Waals surface area contributed by atoms with Crippen LogP contribution in [0.25, 0.3) is 0 Å². The molecule has 0 aliphatic rings. The summed E-state index contributed by atoms with van der Waals surface area (Å²) >= 11 is 3.32. The van der Waals surface area contributed by atoms with Crippen molar-refractivity contribution in [2.45, 2.75) is 0 Å². The Kier molecular flexibility index (Phi) is 3.62. The second-order valence-electron chi connectivity index (χ2n) is 3.79. The maximum atomic E-state index is 12.3. The third-order valence-corrected chi connectivity index (χ3v) is 3.16. The Labute approximate surface area is 114 Å². The van der Waals surface area contributed by atoms with E-state index in [1.807, 2.05) is 12.1 Å². The fraction of sp³-hybridized carbons (Fsp3) is 0.0769. The summed E-state index contributed by atoms with van der Waals surface area (Å²) in [5.74, 6) is -0.187. The topological polar surface area (TPSA) is 59.2 Å². The first kappa shape index (κ1) is 12.6. The first-order valence-corrected chi connectivity index (χ1v) is 6.13. The monoisotopic (exact) mass is 305 g/mol. The molecule has 18 heavy (non-hydrogen) atoms. The van der Waals surface area contributed by atoms with Gasteiger partial charge in [-0.2, -0.15) is 0 Å². The van der Waals surface area contributed by atoms with Crippen LogP contribution in [0, 0.1) is 0 Å². The standard InChI is InChI=1S/C13H12BrN3O/c1-17(10-5-2-4-9(15)8-10)13(18)12-11(14)6-3-7-16-12/h2-8H,15H2,1H3. The van der Waals surface area contributed by atoms with E-state index in [0.717, 1.165) is 5.69 Å². The summed E-state index contributed by atoms with van der Waals surface area (Å²) in [7, 11) is 1.69. The summed E-state index contributed by atoms with van der Waals surface area (Å²) in [5, 5.41) is 0. The number of nitrogens with two attached hydrogens (primary N) is 1. The molecule has 92 valence electrons. The number of aromatic nitrogens is 1. The van der Waals surface area contributed by atoms with E-state index < -0.39 is 0 Å². The van der Waals surface area contributed by atoms with Crippen molar-refractivity contribution < 1.29 is 4.79 Å². The molecule has 5 heteroatoms. The van der Waals surface area contributed by atoms with Gasteiger partial charge < -0.3 is 10.6 Å². The lowest BCUT2D eigenvalue weighted by Crippen LogP contribution is -2.27. The molecule has 0 fully saturated rings. The van der Waals surface area contributed by atoms with Gasteiger partial charge in [0, 0.05) is 29.1 Å². The number of hydrogen-bond donors (Lipinski definition) is 1. The molecule has 0 radical (unpaired) electrons. The van der Waals surface area contributed by atoms with Crippen LogP contribution in [-0.4, -0.2) is 17.9 Å². The Morgan fingerprint density at radius 3 is 2.78 bits per heavy atom. The summed E-state index contributed by atoms with van der Waals surface area (Å²) < 4.78 is 0.672. The predicted molar refractivity (Wildman–Crippen MR) is 75.5 cm³/mol. The van der Waals surface area contributed by atoms with Crippen LogP contribution in [0.15, 0.2) is 47.1 Å². The van der Waals surface area contributed by atoms with Gasteiger partial charge in [0.2, 0.25) is 0 Å². The average molecular weight is 306 g/mol. The van der Waals surface area contributed by atoms with Crippen LogP contribution in [0.1, 0.15) is 10.5 Å². The zero-order chi connectivity index (χ0) is 13.1. The van der Waals surface area contributed by atoms with Gasteiger partial charge in [-0.3, -0.25) is 4.79 Å². The van der Waals surface area contributed by atoms with E-state index in [1.54, 1.807) is 37.5 Å². The summed E-state index contributed by atoms with van der Waals surface area (Å²) in [5.41, 5.74) is 7.43. The molecule has 0 saturated carbocycles. The Bertz CT molecular complexity index is 586. The maximum Gasteiger partial charge on any atom is 0.277 e. The fourth-order valence-electron chi connectivity index (χ4n) is 1.55. The van der Waals surface area contributed by atoms with Gasteiger partial charge in [-0.25, -0.2) is 4.98 Å². The average Bonchev–Trinajstić information content (AvgIpc) is 2.37. The lowest BCUT2D eigenvalue weighted by Gasteiger charge is -2.17. The Morgan fingerprint density at radius 2 is 2.11 bits per heavy atom.